The van der Waals surface area contributed by atoms with Crippen molar-refractivity contribution in [3.05, 3.63) is 118 Å². The van der Waals surface area contributed by atoms with Gasteiger partial charge in [-0.1, -0.05) is 24.3 Å². The zero-order chi connectivity index (χ0) is 26.2. The number of sulfonamides is 1. The largest absolute Gasteiger partial charge is 0.457 e. The number of hydrogen-bond donors (Lipinski definition) is 1. The highest BCUT2D eigenvalue weighted by Gasteiger charge is 2.36. The first-order chi connectivity index (χ1) is 17.7. The number of nitro benzene ring substituents is 1. The molecule has 0 aliphatic carbocycles. The second kappa shape index (κ2) is 9.21. The first-order valence-corrected chi connectivity index (χ1v) is 12.3. The molecular formula is C26H17N3O7S. The molecule has 0 bridgehead atoms. The normalized spacial score (nSPS) is 12.8. The van der Waals surface area contributed by atoms with Gasteiger partial charge in [-0.25, -0.2) is 13.3 Å². The van der Waals surface area contributed by atoms with Gasteiger partial charge < -0.3 is 4.74 Å². The SMILES string of the molecule is O=C1c2ccc(Oc3cccc(NS(=O)(=O)c4ccc([N+](=O)[O-])cc4)c3)cc2C(=O)N1c1ccccc1. The number of rotatable bonds is 7. The fraction of sp³-hybridized carbons (Fsp3) is 0. The van der Waals surface area contributed by atoms with E-state index in [2.05, 4.69) is 4.72 Å². The molecule has 0 saturated heterocycles. The van der Waals surface area contributed by atoms with Crippen LogP contribution in [0.2, 0.25) is 0 Å². The maximum absolute atomic E-state index is 13.0. The van der Waals surface area contributed by atoms with Crippen LogP contribution in [-0.2, 0) is 10.0 Å². The molecule has 4 aromatic rings. The molecule has 10 nitrogen and oxygen atoms in total. The van der Waals surface area contributed by atoms with Crippen molar-refractivity contribution < 1.29 is 27.7 Å². The summed E-state index contributed by atoms with van der Waals surface area (Å²) in [5.74, 6) is -0.340. The summed E-state index contributed by atoms with van der Waals surface area (Å²) < 4.78 is 33.6. The Morgan fingerprint density at radius 2 is 1.43 bits per heavy atom. The van der Waals surface area contributed by atoms with E-state index in [1.54, 1.807) is 48.5 Å². The maximum atomic E-state index is 13.0. The molecule has 0 unspecified atom stereocenters. The van der Waals surface area contributed by atoms with Crippen molar-refractivity contribution in [1.82, 2.24) is 0 Å². The highest BCUT2D eigenvalue weighted by Crippen LogP contribution is 2.33. The van der Waals surface area contributed by atoms with Crippen LogP contribution in [0.25, 0.3) is 0 Å². The molecule has 1 aliphatic rings. The molecule has 37 heavy (non-hydrogen) atoms. The van der Waals surface area contributed by atoms with Crippen molar-refractivity contribution in [2.45, 2.75) is 4.90 Å². The van der Waals surface area contributed by atoms with Crippen LogP contribution in [0.1, 0.15) is 20.7 Å². The van der Waals surface area contributed by atoms with Crippen LogP contribution in [0.3, 0.4) is 0 Å². The lowest BCUT2D eigenvalue weighted by atomic mass is 10.1. The summed E-state index contributed by atoms with van der Waals surface area (Å²) >= 11 is 0. The van der Waals surface area contributed by atoms with Gasteiger partial charge in [0.1, 0.15) is 11.5 Å². The number of anilines is 2. The Bertz CT molecular complexity index is 1650. The number of hydrogen-bond acceptors (Lipinski definition) is 7. The molecule has 0 radical (unpaired) electrons. The van der Waals surface area contributed by atoms with E-state index in [9.17, 15) is 28.1 Å². The molecular weight excluding hydrogens is 498 g/mol. The van der Waals surface area contributed by atoms with E-state index < -0.39 is 26.8 Å². The standard InChI is InChI=1S/C26H17N3O7S/c30-25-23-14-11-21(16-24(23)26(31)28(25)18-6-2-1-3-7-18)36-20-8-4-5-17(15-20)27-37(34,35)22-12-9-19(10-13-22)29(32)33/h1-16,27H. The minimum atomic E-state index is -4.02. The van der Waals surface area contributed by atoms with Crippen molar-refractivity contribution in [2.75, 3.05) is 9.62 Å². The van der Waals surface area contributed by atoms with Crippen LogP contribution in [-0.4, -0.2) is 25.2 Å². The van der Waals surface area contributed by atoms with Crippen LogP contribution >= 0.6 is 0 Å². The van der Waals surface area contributed by atoms with Crippen LogP contribution in [0, 0.1) is 10.1 Å². The van der Waals surface area contributed by atoms with Gasteiger partial charge in [-0.05, 0) is 54.6 Å². The Kier molecular flexibility index (Phi) is 5.90. The third kappa shape index (κ3) is 4.62. The van der Waals surface area contributed by atoms with Crippen LogP contribution in [0.15, 0.2) is 102 Å². The zero-order valence-corrected chi connectivity index (χ0v) is 19.7. The topological polar surface area (TPSA) is 136 Å². The summed E-state index contributed by atoms with van der Waals surface area (Å²) in [6, 6.07) is 23.7. The number of nitrogens with zero attached hydrogens (tertiary/aromatic N) is 2. The summed E-state index contributed by atoms with van der Waals surface area (Å²) in [6.45, 7) is 0. The molecule has 0 spiro atoms. The smallest absolute Gasteiger partial charge is 0.269 e. The Labute approximate surface area is 210 Å². The molecule has 2 amide bonds. The maximum Gasteiger partial charge on any atom is 0.269 e. The number of benzene rings is 4. The molecule has 0 atom stereocenters. The first-order valence-electron chi connectivity index (χ1n) is 10.9. The molecule has 5 rings (SSSR count). The monoisotopic (exact) mass is 515 g/mol. The zero-order valence-electron chi connectivity index (χ0n) is 18.9. The van der Waals surface area contributed by atoms with E-state index in [0.29, 0.717) is 5.69 Å². The number of fused-ring (bicyclic) bond motifs is 1. The predicted octanol–water partition coefficient (Wildman–Crippen LogP) is 4.99. The minimum absolute atomic E-state index is 0.144. The van der Waals surface area contributed by atoms with E-state index in [1.165, 1.54) is 24.3 Å². The van der Waals surface area contributed by atoms with Gasteiger partial charge >= 0.3 is 0 Å². The highest BCUT2D eigenvalue weighted by molar-refractivity contribution is 7.92. The molecule has 4 aromatic carbocycles. The summed E-state index contributed by atoms with van der Waals surface area (Å²) in [7, 11) is -4.02. The fourth-order valence-electron chi connectivity index (χ4n) is 3.82. The second-order valence-corrected chi connectivity index (χ2v) is 9.66. The van der Waals surface area contributed by atoms with E-state index in [-0.39, 0.29) is 38.9 Å². The van der Waals surface area contributed by atoms with Gasteiger partial charge in [-0.15, -0.1) is 0 Å². The number of carbonyl (C=O) groups is 2. The number of non-ortho nitro benzene ring substituents is 1. The average molecular weight is 516 g/mol. The van der Waals surface area contributed by atoms with E-state index in [1.807, 2.05) is 0 Å². The quantitative estimate of drug-likeness (QED) is 0.208. The van der Waals surface area contributed by atoms with Gasteiger partial charge in [0.2, 0.25) is 0 Å². The molecule has 1 aliphatic heterocycles. The Morgan fingerprint density at radius 1 is 0.757 bits per heavy atom. The molecule has 0 saturated carbocycles. The Hall–Kier alpha value is -5.03. The Balaban J connectivity index is 1.35. The number of ether oxygens (including phenoxy) is 1. The second-order valence-electron chi connectivity index (χ2n) is 7.98. The van der Waals surface area contributed by atoms with Gasteiger partial charge in [-0.2, -0.15) is 0 Å². The summed E-state index contributed by atoms with van der Waals surface area (Å²) in [4.78, 5) is 36.9. The van der Waals surface area contributed by atoms with E-state index in [0.717, 1.165) is 29.2 Å². The van der Waals surface area contributed by atoms with Crippen molar-refractivity contribution in [3.8, 4) is 11.5 Å². The lowest BCUT2D eigenvalue weighted by molar-refractivity contribution is -0.384. The van der Waals surface area contributed by atoms with Crippen molar-refractivity contribution in [2.24, 2.45) is 0 Å². The predicted molar refractivity (Wildman–Crippen MR) is 134 cm³/mol. The molecule has 1 N–H and O–H groups in total. The summed E-state index contributed by atoms with van der Waals surface area (Å²) in [5, 5.41) is 10.8. The fourth-order valence-corrected chi connectivity index (χ4v) is 4.86. The lowest BCUT2D eigenvalue weighted by Crippen LogP contribution is -2.29. The molecule has 11 heteroatoms. The van der Waals surface area contributed by atoms with Gasteiger partial charge in [0, 0.05) is 18.2 Å². The number of para-hydroxylation sites is 1. The Morgan fingerprint density at radius 3 is 2.14 bits per heavy atom. The highest BCUT2D eigenvalue weighted by atomic mass is 32.2. The van der Waals surface area contributed by atoms with E-state index >= 15 is 0 Å². The summed E-state index contributed by atoms with van der Waals surface area (Å²) in [6.07, 6.45) is 0. The summed E-state index contributed by atoms with van der Waals surface area (Å²) in [5.41, 5.74) is 0.880. The van der Waals surface area contributed by atoms with Crippen molar-refractivity contribution in [3.63, 3.8) is 0 Å². The number of nitro groups is 1. The van der Waals surface area contributed by atoms with E-state index in [4.69, 9.17) is 4.74 Å². The van der Waals surface area contributed by atoms with Crippen molar-refractivity contribution >= 4 is 38.9 Å². The van der Waals surface area contributed by atoms with Gasteiger partial charge in [0.25, 0.3) is 27.5 Å². The number of amides is 2. The number of carbonyl (C=O) groups excluding carboxylic acids is 2. The average Bonchev–Trinajstić information content (AvgIpc) is 3.13. The lowest BCUT2D eigenvalue weighted by Gasteiger charge is -2.13. The minimum Gasteiger partial charge on any atom is -0.457 e. The number of imide groups is 1. The van der Waals surface area contributed by atoms with Gasteiger partial charge in [0.15, 0.2) is 0 Å². The number of nitrogens with one attached hydrogen (secondary N) is 1. The van der Waals surface area contributed by atoms with Crippen molar-refractivity contribution in [1.29, 1.82) is 0 Å². The molecule has 184 valence electrons. The third-order valence-corrected chi connectivity index (χ3v) is 6.95. The molecule has 0 fully saturated rings. The first kappa shape index (κ1) is 23.7. The van der Waals surface area contributed by atoms with Crippen LogP contribution in [0.5, 0.6) is 11.5 Å². The molecule has 1 heterocycles. The third-order valence-electron chi connectivity index (χ3n) is 5.55. The van der Waals surface area contributed by atoms with Crippen LogP contribution in [0.4, 0.5) is 17.1 Å². The van der Waals surface area contributed by atoms with Gasteiger partial charge in [0.05, 0.1) is 32.3 Å². The molecule has 0 aromatic heterocycles. The van der Waals surface area contributed by atoms with Gasteiger partial charge in [-0.3, -0.25) is 24.4 Å². The van der Waals surface area contributed by atoms with Crippen LogP contribution < -0.4 is 14.4 Å².